The fraction of sp³-hybridized carbons (Fsp3) is 0.467. The summed E-state index contributed by atoms with van der Waals surface area (Å²) in [7, 11) is 0. The number of fused-ring (bicyclic) bond motifs is 1. The highest BCUT2D eigenvalue weighted by molar-refractivity contribution is 7.17. The van der Waals surface area contributed by atoms with Gasteiger partial charge in [0.2, 0.25) is 0 Å². The maximum absolute atomic E-state index is 10.0. The topological polar surface area (TPSA) is 20.2 Å². The van der Waals surface area contributed by atoms with Crippen molar-refractivity contribution < 1.29 is 5.11 Å². The van der Waals surface area contributed by atoms with Crippen molar-refractivity contribution in [3.8, 4) is 0 Å². The normalized spacial score (nSPS) is 13.1. The summed E-state index contributed by atoms with van der Waals surface area (Å²) in [5, 5.41) is 13.5. The number of rotatable bonds is 6. The minimum Gasteiger partial charge on any atom is -0.393 e. The molecule has 2 rings (SSSR count). The van der Waals surface area contributed by atoms with Crippen molar-refractivity contribution in [1.82, 2.24) is 0 Å². The summed E-state index contributed by atoms with van der Waals surface area (Å²) in [6.07, 6.45) is 5.13. The maximum Gasteiger partial charge on any atom is 0.0581 e. The van der Waals surface area contributed by atoms with E-state index in [2.05, 4.69) is 36.6 Å². The molecule has 1 N–H and O–H groups in total. The number of hydrogen-bond donors (Lipinski definition) is 1. The predicted octanol–water partition coefficient (Wildman–Crippen LogP) is 4.39. The van der Waals surface area contributed by atoms with E-state index in [-0.39, 0.29) is 6.10 Å². The minimum atomic E-state index is -0.181. The van der Waals surface area contributed by atoms with Crippen LogP contribution in [0.15, 0.2) is 29.6 Å². The Morgan fingerprint density at radius 1 is 1.24 bits per heavy atom. The molecule has 17 heavy (non-hydrogen) atoms. The Morgan fingerprint density at radius 2 is 2.06 bits per heavy atom. The molecule has 0 aliphatic rings. The third kappa shape index (κ3) is 3.30. The molecule has 2 aromatic rings. The molecule has 1 unspecified atom stereocenters. The molecule has 0 saturated carbocycles. The summed E-state index contributed by atoms with van der Waals surface area (Å²) in [6.45, 7) is 2.19. The highest BCUT2D eigenvalue weighted by atomic mass is 32.1. The molecule has 0 spiro atoms. The van der Waals surface area contributed by atoms with Gasteiger partial charge in [-0.3, -0.25) is 0 Å². The van der Waals surface area contributed by atoms with Crippen molar-refractivity contribution >= 4 is 21.4 Å². The van der Waals surface area contributed by atoms with Crippen LogP contribution < -0.4 is 0 Å². The Labute approximate surface area is 107 Å². The second-order valence-electron chi connectivity index (χ2n) is 4.61. The molecule has 1 heterocycles. The van der Waals surface area contributed by atoms with Crippen LogP contribution in [0.5, 0.6) is 0 Å². The van der Waals surface area contributed by atoms with Gasteiger partial charge in [-0.25, -0.2) is 0 Å². The van der Waals surface area contributed by atoms with Gasteiger partial charge >= 0.3 is 0 Å². The van der Waals surface area contributed by atoms with Gasteiger partial charge in [-0.1, -0.05) is 44.4 Å². The van der Waals surface area contributed by atoms with Gasteiger partial charge in [0.25, 0.3) is 0 Å². The molecule has 0 bridgehead atoms. The van der Waals surface area contributed by atoms with Crippen LogP contribution in [0, 0.1) is 0 Å². The second kappa shape index (κ2) is 6.18. The van der Waals surface area contributed by atoms with Crippen LogP contribution in [-0.2, 0) is 6.42 Å². The summed E-state index contributed by atoms with van der Waals surface area (Å²) in [5.74, 6) is 0. The lowest BCUT2D eigenvalue weighted by Gasteiger charge is -2.09. The lowest BCUT2D eigenvalue weighted by atomic mass is 10.0. The number of hydrogen-bond acceptors (Lipinski definition) is 2. The third-order valence-electron chi connectivity index (χ3n) is 3.16. The van der Waals surface area contributed by atoms with Crippen molar-refractivity contribution in [3.63, 3.8) is 0 Å². The van der Waals surface area contributed by atoms with Gasteiger partial charge in [-0.15, -0.1) is 11.3 Å². The van der Waals surface area contributed by atoms with Crippen LogP contribution in [0.3, 0.4) is 0 Å². The van der Waals surface area contributed by atoms with E-state index in [1.165, 1.54) is 28.5 Å². The molecular weight excluding hydrogens is 228 g/mol. The van der Waals surface area contributed by atoms with Gasteiger partial charge in [-0.2, -0.15) is 0 Å². The minimum absolute atomic E-state index is 0.181. The monoisotopic (exact) mass is 248 g/mol. The van der Waals surface area contributed by atoms with E-state index in [0.29, 0.717) is 0 Å². The predicted molar refractivity (Wildman–Crippen MR) is 75.7 cm³/mol. The first-order valence-electron chi connectivity index (χ1n) is 6.44. The van der Waals surface area contributed by atoms with Crippen LogP contribution in [0.2, 0.25) is 0 Å². The highest BCUT2D eigenvalue weighted by Crippen LogP contribution is 2.27. The fourth-order valence-corrected chi connectivity index (χ4v) is 3.15. The van der Waals surface area contributed by atoms with E-state index in [1.54, 1.807) is 11.3 Å². The molecular formula is C15H20OS. The quantitative estimate of drug-likeness (QED) is 0.752. The molecule has 2 heteroatoms. The SMILES string of the molecule is CCCCCC(O)Cc1csc2ccccc12. The standard InChI is InChI=1S/C15H20OS/c1-2-3-4-7-13(16)10-12-11-17-15-9-6-5-8-14(12)15/h5-6,8-9,11,13,16H,2-4,7,10H2,1H3. The first-order valence-corrected chi connectivity index (χ1v) is 7.32. The Bertz CT molecular complexity index is 461. The largest absolute Gasteiger partial charge is 0.393 e. The number of aliphatic hydroxyl groups excluding tert-OH is 1. The van der Waals surface area contributed by atoms with Crippen molar-refractivity contribution in [3.05, 3.63) is 35.2 Å². The van der Waals surface area contributed by atoms with Crippen LogP contribution in [0.4, 0.5) is 0 Å². The second-order valence-corrected chi connectivity index (χ2v) is 5.52. The van der Waals surface area contributed by atoms with Crippen molar-refractivity contribution in [2.75, 3.05) is 0 Å². The Hall–Kier alpha value is -0.860. The number of thiophene rings is 1. The Balaban J connectivity index is 1.98. The van der Waals surface area contributed by atoms with E-state index in [4.69, 9.17) is 0 Å². The molecule has 1 nitrogen and oxygen atoms in total. The van der Waals surface area contributed by atoms with Gasteiger partial charge in [0.05, 0.1) is 6.10 Å². The van der Waals surface area contributed by atoms with E-state index in [1.807, 2.05) is 0 Å². The molecule has 92 valence electrons. The average molecular weight is 248 g/mol. The Kier molecular flexibility index (Phi) is 4.57. The molecule has 0 saturated heterocycles. The summed E-state index contributed by atoms with van der Waals surface area (Å²) in [4.78, 5) is 0. The summed E-state index contributed by atoms with van der Waals surface area (Å²) >= 11 is 1.77. The third-order valence-corrected chi connectivity index (χ3v) is 4.17. The summed E-state index contributed by atoms with van der Waals surface area (Å²) < 4.78 is 1.32. The molecule has 0 radical (unpaired) electrons. The van der Waals surface area contributed by atoms with E-state index >= 15 is 0 Å². The van der Waals surface area contributed by atoms with Gasteiger partial charge in [0.15, 0.2) is 0 Å². The summed E-state index contributed by atoms with van der Waals surface area (Å²) in [6, 6.07) is 8.44. The van der Waals surface area contributed by atoms with Crippen molar-refractivity contribution in [2.24, 2.45) is 0 Å². The first kappa shape index (κ1) is 12.6. The maximum atomic E-state index is 10.0. The lowest BCUT2D eigenvalue weighted by molar-refractivity contribution is 0.161. The zero-order valence-electron chi connectivity index (χ0n) is 10.4. The zero-order chi connectivity index (χ0) is 12.1. The number of unbranched alkanes of at least 4 members (excludes halogenated alkanes) is 2. The highest BCUT2D eigenvalue weighted by Gasteiger charge is 2.09. The fourth-order valence-electron chi connectivity index (χ4n) is 2.18. The van der Waals surface area contributed by atoms with Gasteiger partial charge in [-0.05, 0) is 35.2 Å². The molecule has 1 atom stereocenters. The van der Waals surface area contributed by atoms with Gasteiger partial charge in [0.1, 0.15) is 0 Å². The Morgan fingerprint density at radius 3 is 2.88 bits per heavy atom. The smallest absolute Gasteiger partial charge is 0.0581 e. The van der Waals surface area contributed by atoms with Gasteiger partial charge in [0, 0.05) is 4.70 Å². The first-order chi connectivity index (χ1) is 8.31. The van der Waals surface area contributed by atoms with Gasteiger partial charge < -0.3 is 5.11 Å². The summed E-state index contributed by atoms with van der Waals surface area (Å²) in [5.41, 5.74) is 1.30. The van der Waals surface area contributed by atoms with Crippen molar-refractivity contribution in [2.45, 2.75) is 45.1 Å². The molecule has 0 amide bonds. The number of benzene rings is 1. The van der Waals surface area contributed by atoms with Crippen LogP contribution in [-0.4, -0.2) is 11.2 Å². The molecule has 0 fully saturated rings. The van der Waals surface area contributed by atoms with E-state index in [0.717, 1.165) is 19.3 Å². The van der Waals surface area contributed by atoms with Crippen molar-refractivity contribution in [1.29, 1.82) is 0 Å². The molecule has 0 aliphatic heterocycles. The average Bonchev–Trinajstić information content (AvgIpc) is 2.73. The number of aliphatic hydroxyl groups is 1. The van der Waals surface area contributed by atoms with Crippen LogP contribution in [0.1, 0.15) is 38.2 Å². The lowest BCUT2D eigenvalue weighted by Crippen LogP contribution is -2.09. The van der Waals surface area contributed by atoms with Crippen LogP contribution >= 0.6 is 11.3 Å². The zero-order valence-corrected chi connectivity index (χ0v) is 11.2. The molecule has 1 aromatic carbocycles. The molecule has 0 aliphatic carbocycles. The van der Waals surface area contributed by atoms with E-state index in [9.17, 15) is 5.11 Å². The molecule has 1 aromatic heterocycles. The van der Waals surface area contributed by atoms with E-state index < -0.39 is 0 Å². The van der Waals surface area contributed by atoms with Crippen LogP contribution in [0.25, 0.3) is 10.1 Å².